The molecule has 0 saturated heterocycles. The molecule has 0 aromatic carbocycles. The first kappa shape index (κ1) is 9.72. The Kier molecular flexibility index (Phi) is 3.44. The number of hydrogen-bond donors (Lipinski definition) is 1. The standard InChI is InChI=1S/C6H8N4O2S/c1-10-6(7-8-9-10)13-4-2-3-5(11)12/h2-3H,4H2,1H3,(H,11,12). The molecule has 0 aliphatic rings. The molecule has 0 saturated carbocycles. The lowest BCUT2D eigenvalue weighted by atomic mass is 10.5. The van der Waals surface area contributed by atoms with Crippen molar-refractivity contribution in [3.63, 3.8) is 0 Å². The van der Waals surface area contributed by atoms with Crippen molar-refractivity contribution in [2.45, 2.75) is 5.16 Å². The fourth-order valence-corrected chi connectivity index (χ4v) is 1.27. The van der Waals surface area contributed by atoms with Gasteiger partial charge < -0.3 is 5.11 Å². The van der Waals surface area contributed by atoms with Crippen molar-refractivity contribution in [3.8, 4) is 0 Å². The molecule has 1 heterocycles. The molecule has 70 valence electrons. The summed E-state index contributed by atoms with van der Waals surface area (Å²) in [6, 6.07) is 0. The van der Waals surface area contributed by atoms with Crippen LogP contribution in [-0.4, -0.2) is 37.0 Å². The van der Waals surface area contributed by atoms with Gasteiger partial charge in [-0.2, -0.15) is 0 Å². The largest absolute Gasteiger partial charge is 0.478 e. The van der Waals surface area contributed by atoms with Crippen molar-refractivity contribution in [2.75, 3.05) is 5.75 Å². The number of hydrogen-bond acceptors (Lipinski definition) is 5. The van der Waals surface area contributed by atoms with Crippen LogP contribution in [-0.2, 0) is 11.8 Å². The number of carboxylic acids is 1. The first-order chi connectivity index (χ1) is 6.20. The maximum absolute atomic E-state index is 10.1. The topological polar surface area (TPSA) is 80.9 Å². The molecular formula is C6H8N4O2S. The molecule has 0 bridgehead atoms. The maximum atomic E-state index is 10.1. The van der Waals surface area contributed by atoms with Gasteiger partial charge in [-0.25, -0.2) is 9.48 Å². The van der Waals surface area contributed by atoms with E-state index in [2.05, 4.69) is 15.5 Å². The third-order valence-corrected chi connectivity index (χ3v) is 2.11. The molecule has 0 radical (unpaired) electrons. The van der Waals surface area contributed by atoms with E-state index >= 15 is 0 Å². The molecule has 1 aromatic heterocycles. The van der Waals surface area contributed by atoms with Crippen molar-refractivity contribution < 1.29 is 9.90 Å². The minimum absolute atomic E-state index is 0.542. The summed E-state index contributed by atoms with van der Waals surface area (Å²) in [5.74, 6) is -0.405. The zero-order valence-corrected chi connectivity index (χ0v) is 7.73. The van der Waals surface area contributed by atoms with Crippen LogP contribution in [0.15, 0.2) is 17.3 Å². The third kappa shape index (κ3) is 3.24. The smallest absolute Gasteiger partial charge is 0.328 e. The van der Waals surface area contributed by atoms with Gasteiger partial charge in [-0.3, -0.25) is 0 Å². The number of aromatic nitrogens is 4. The van der Waals surface area contributed by atoms with E-state index in [0.29, 0.717) is 10.9 Å². The molecule has 0 amide bonds. The van der Waals surface area contributed by atoms with E-state index < -0.39 is 5.97 Å². The van der Waals surface area contributed by atoms with Crippen LogP contribution in [0.3, 0.4) is 0 Å². The molecule has 0 spiro atoms. The Morgan fingerprint density at radius 2 is 2.54 bits per heavy atom. The number of carboxylic acid groups (broad SMARTS) is 1. The number of nitrogens with zero attached hydrogens (tertiary/aromatic N) is 4. The predicted molar refractivity (Wildman–Crippen MR) is 46.3 cm³/mol. The molecule has 13 heavy (non-hydrogen) atoms. The van der Waals surface area contributed by atoms with Crippen LogP contribution < -0.4 is 0 Å². The van der Waals surface area contributed by atoms with Gasteiger partial charge in [-0.15, -0.1) is 5.10 Å². The second kappa shape index (κ2) is 4.61. The van der Waals surface area contributed by atoms with Gasteiger partial charge in [0.25, 0.3) is 0 Å². The average molecular weight is 200 g/mol. The van der Waals surface area contributed by atoms with Gasteiger partial charge in [0.1, 0.15) is 0 Å². The Labute approximate surface area is 78.6 Å². The summed E-state index contributed by atoms with van der Waals surface area (Å²) < 4.78 is 1.53. The normalized spacial score (nSPS) is 10.8. The molecule has 1 rings (SSSR count). The minimum atomic E-state index is -0.948. The highest BCUT2D eigenvalue weighted by Gasteiger charge is 1.99. The van der Waals surface area contributed by atoms with E-state index in [1.165, 1.54) is 16.4 Å². The Hall–Kier alpha value is -1.37. The Morgan fingerprint density at radius 3 is 3.08 bits per heavy atom. The number of carbonyl (C=O) groups is 1. The highest BCUT2D eigenvalue weighted by Crippen LogP contribution is 2.11. The fraction of sp³-hybridized carbons (Fsp3) is 0.333. The Morgan fingerprint density at radius 1 is 1.77 bits per heavy atom. The third-order valence-electron chi connectivity index (χ3n) is 1.15. The van der Waals surface area contributed by atoms with Crippen molar-refractivity contribution in [2.24, 2.45) is 7.05 Å². The van der Waals surface area contributed by atoms with Gasteiger partial charge in [0.2, 0.25) is 5.16 Å². The van der Waals surface area contributed by atoms with Crippen LogP contribution >= 0.6 is 11.8 Å². The number of rotatable bonds is 4. The number of aliphatic carboxylic acids is 1. The number of tetrazole rings is 1. The zero-order chi connectivity index (χ0) is 9.68. The summed E-state index contributed by atoms with van der Waals surface area (Å²) >= 11 is 1.37. The molecule has 6 nitrogen and oxygen atoms in total. The quantitative estimate of drug-likeness (QED) is 0.542. The van der Waals surface area contributed by atoms with Crippen molar-refractivity contribution in [3.05, 3.63) is 12.2 Å². The highest BCUT2D eigenvalue weighted by molar-refractivity contribution is 7.99. The molecule has 0 unspecified atom stereocenters. The summed E-state index contributed by atoms with van der Waals surface area (Å²) in [5.41, 5.74) is 0. The van der Waals surface area contributed by atoms with Crippen LogP contribution in [0.5, 0.6) is 0 Å². The van der Waals surface area contributed by atoms with Gasteiger partial charge in [-0.05, 0) is 10.4 Å². The first-order valence-corrected chi connectivity index (χ1v) is 4.43. The predicted octanol–water partition coefficient (Wildman–Crippen LogP) is -0.0570. The van der Waals surface area contributed by atoms with Crippen LogP contribution in [0.25, 0.3) is 0 Å². The summed E-state index contributed by atoms with van der Waals surface area (Å²) in [4.78, 5) is 10.1. The van der Waals surface area contributed by atoms with Gasteiger partial charge in [-0.1, -0.05) is 17.8 Å². The molecule has 0 aliphatic carbocycles. The van der Waals surface area contributed by atoms with Crippen LogP contribution in [0.2, 0.25) is 0 Å². The first-order valence-electron chi connectivity index (χ1n) is 3.45. The summed E-state index contributed by atoms with van der Waals surface area (Å²) in [6.07, 6.45) is 2.64. The Balaban J connectivity index is 2.36. The lowest BCUT2D eigenvalue weighted by Gasteiger charge is -1.92. The zero-order valence-electron chi connectivity index (χ0n) is 6.91. The van der Waals surface area contributed by atoms with E-state index in [0.717, 1.165) is 6.08 Å². The number of aryl methyl sites for hydroxylation is 1. The average Bonchev–Trinajstić information content (AvgIpc) is 2.45. The molecule has 0 aliphatic heterocycles. The van der Waals surface area contributed by atoms with Crippen LogP contribution in [0.1, 0.15) is 0 Å². The van der Waals surface area contributed by atoms with E-state index in [1.807, 2.05) is 0 Å². The second-order valence-corrected chi connectivity index (χ2v) is 3.12. The van der Waals surface area contributed by atoms with Crippen LogP contribution in [0.4, 0.5) is 0 Å². The molecule has 0 fully saturated rings. The number of thioether (sulfide) groups is 1. The van der Waals surface area contributed by atoms with Gasteiger partial charge >= 0.3 is 5.97 Å². The van der Waals surface area contributed by atoms with Crippen molar-refractivity contribution in [1.29, 1.82) is 0 Å². The van der Waals surface area contributed by atoms with Crippen molar-refractivity contribution >= 4 is 17.7 Å². The Bertz CT molecular complexity index is 322. The minimum Gasteiger partial charge on any atom is -0.478 e. The molecule has 0 atom stereocenters. The molecule has 1 N–H and O–H groups in total. The summed E-state index contributed by atoms with van der Waals surface area (Å²) in [6.45, 7) is 0. The van der Waals surface area contributed by atoms with E-state index in [9.17, 15) is 4.79 Å². The monoisotopic (exact) mass is 200 g/mol. The molecular weight excluding hydrogens is 192 g/mol. The molecule has 1 aromatic rings. The van der Waals surface area contributed by atoms with Crippen LogP contribution in [0, 0.1) is 0 Å². The second-order valence-electron chi connectivity index (χ2n) is 2.14. The van der Waals surface area contributed by atoms with Crippen molar-refractivity contribution in [1.82, 2.24) is 20.2 Å². The maximum Gasteiger partial charge on any atom is 0.328 e. The summed E-state index contributed by atoms with van der Waals surface area (Å²) in [5, 5.41) is 19.7. The summed E-state index contributed by atoms with van der Waals surface area (Å²) in [7, 11) is 1.73. The molecule has 7 heteroatoms. The fourth-order valence-electron chi connectivity index (χ4n) is 0.615. The lowest BCUT2D eigenvalue weighted by molar-refractivity contribution is -0.131. The highest BCUT2D eigenvalue weighted by atomic mass is 32.2. The van der Waals surface area contributed by atoms with E-state index in [4.69, 9.17) is 5.11 Å². The van der Waals surface area contributed by atoms with E-state index in [-0.39, 0.29) is 0 Å². The lowest BCUT2D eigenvalue weighted by Crippen LogP contribution is -1.93. The van der Waals surface area contributed by atoms with Gasteiger partial charge in [0.15, 0.2) is 0 Å². The van der Waals surface area contributed by atoms with Gasteiger partial charge in [0, 0.05) is 18.9 Å². The van der Waals surface area contributed by atoms with Gasteiger partial charge in [0.05, 0.1) is 0 Å². The SMILES string of the molecule is Cn1nnnc1SCC=CC(=O)O. The van der Waals surface area contributed by atoms with E-state index in [1.54, 1.807) is 13.1 Å².